The van der Waals surface area contributed by atoms with E-state index in [-0.39, 0.29) is 23.8 Å². The number of β-lactam (4-membered cyclic amide) rings is 1. The SMILES string of the molecule is NC(C(=O)NC1C(=O)N2C(C(=O)O)=C(COc3cccc(F)c3)CS[C@@H]12)c1ccccc1.O=C(O)C(F)(F)F. The molecule has 5 N–H and O–H groups in total. The molecule has 2 amide bonds. The van der Waals surface area contributed by atoms with Gasteiger partial charge in [0.2, 0.25) is 5.91 Å². The number of carboxylic acid groups (broad SMARTS) is 2. The Morgan fingerprint density at radius 2 is 1.77 bits per heavy atom. The highest BCUT2D eigenvalue weighted by Gasteiger charge is 2.54. The van der Waals surface area contributed by atoms with Crippen LogP contribution in [0.5, 0.6) is 5.75 Å². The van der Waals surface area contributed by atoms with Crippen molar-refractivity contribution >= 4 is 35.5 Å². The van der Waals surface area contributed by atoms with Crippen LogP contribution in [0.1, 0.15) is 11.6 Å². The van der Waals surface area contributed by atoms with Gasteiger partial charge in [0.15, 0.2) is 0 Å². The number of halogens is 4. The number of carboxylic acids is 2. The van der Waals surface area contributed by atoms with Gasteiger partial charge in [-0.15, -0.1) is 11.8 Å². The Kier molecular flexibility index (Phi) is 9.19. The molecule has 2 heterocycles. The van der Waals surface area contributed by atoms with Crippen molar-refractivity contribution in [1.29, 1.82) is 0 Å². The van der Waals surface area contributed by atoms with Gasteiger partial charge in [0.05, 0.1) is 0 Å². The molecule has 2 unspecified atom stereocenters. The lowest BCUT2D eigenvalue weighted by atomic mass is 10.0. The van der Waals surface area contributed by atoms with Crippen LogP contribution >= 0.6 is 11.8 Å². The van der Waals surface area contributed by atoms with Crippen molar-refractivity contribution in [1.82, 2.24) is 10.2 Å². The molecule has 15 heteroatoms. The second-order valence-electron chi connectivity index (χ2n) is 8.09. The van der Waals surface area contributed by atoms with Crippen molar-refractivity contribution in [3.63, 3.8) is 0 Å². The predicted molar refractivity (Wildman–Crippen MR) is 129 cm³/mol. The Morgan fingerprint density at radius 1 is 1.13 bits per heavy atom. The number of nitrogens with two attached hydrogens (primary N) is 1. The standard InChI is InChI=1S/C22H20FN3O5S.C2HF3O2/c23-14-7-4-8-15(9-14)31-10-13-11-32-21-17(20(28)26(21)18(13)22(29)30)25-19(27)16(24)12-5-2-1-3-6-12;3-2(4,5)1(6)7/h1-9,16-17,21H,10-11,24H2,(H,25,27)(H,29,30);(H,6,7)/t16?,17?,21-;/m0./s1. The lowest BCUT2D eigenvalue weighted by molar-refractivity contribution is -0.192. The first-order valence-corrected chi connectivity index (χ1v) is 12.1. The molecule has 1 fully saturated rings. The minimum absolute atomic E-state index is 0.107. The number of thioether (sulfide) groups is 1. The van der Waals surface area contributed by atoms with Gasteiger partial charge in [-0.25, -0.2) is 14.0 Å². The molecule has 0 bridgehead atoms. The van der Waals surface area contributed by atoms with Crippen LogP contribution in [0, 0.1) is 5.82 Å². The minimum atomic E-state index is -5.08. The number of hydrogen-bond acceptors (Lipinski definition) is 7. The molecule has 10 nitrogen and oxygen atoms in total. The maximum Gasteiger partial charge on any atom is 0.490 e. The molecule has 3 atom stereocenters. The van der Waals surface area contributed by atoms with Gasteiger partial charge in [-0.3, -0.25) is 14.5 Å². The van der Waals surface area contributed by atoms with Gasteiger partial charge in [-0.1, -0.05) is 36.4 Å². The van der Waals surface area contributed by atoms with Crippen LogP contribution in [0.2, 0.25) is 0 Å². The monoisotopic (exact) mass is 571 g/mol. The fraction of sp³-hybridized carbons (Fsp3) is 0.250. The highest BCUT2D eigenvalue weighted by molar-refractivity contribution is 8.00. The van der Waals surface area contributed by atoms with E-state index in [1.54, 1.807) is 36.4 Å². The number of amides is 2. The molecule has 39 heavy (non-hydrogen) atoms. The lowest BCUT2D eigenvalue weighted by Crippen LogP contribution is -2.71. The minimum Gasteiger partial charge on any atom is -0.489 e. The number of carbonyl (C=O) groups is 4. The number of aliphatic carboxylic acids is 2. The number of nitrogens with zero attached hydrogens (tertiary/aromatic N) is 1. The summed E-state index contributed by atoms with van der Waals surface area (Å²) in [4.78, 5) is 47.2. The van der Waals surface area contributed by atoms with E-state index in [9.17, 15) is 37.1 Å². The first-order chi connectivity index (χ1) is 18.3. The van der Waals surface area contributed by atoms with E-state index < -0.39 is 53.2 Å². The highest BCUT2D eigenvalue weighted by Crippen LogP contribution is 2.40. The predicted octanol–water partition coefficient (Wildman–Crippen LogP) is 2.28. The number of benzene rings is 2. The van der Waals surface area contributed by atoms with Gasteiger partial charge in [-0.2, -0.15) is 13.2 Å². The van der Waals surface area contributed by atoms with Gasteiger partial charge in [0.25, 0.3) is 5.91 Å². The Bertz CT molecular complexity index is 1290. The van der Waals surface area contributed by atoms with E-state index in [0.29, 0.717) is 11.1 Å². The van der Waals surface area contributed by atoms with E-state index in [0.717, 1.165) is 4.90 Å². The fourth-order valence-corrected chi connectivity index (χ4v) is 4.90. The van der Waals surface area contributed by atoms with E-state index in [1.165, 1.54) is 30.0 Å². The maximum atomic E-state index is 13.3. The number of fused-ring (bicyclic) bond motifs is 1. The molecule has 0 aromatic heterocycles. The van der Waals surface area contributed by atoms with Gasteiger partial charge >= 0.3 is 18.1 Å². The lowest BCUT2D eigenvalue weighted by Gasteiger charge is -2.49. The van der Waals surface area contributed by atoms with E-state index in [1.807, 2.05) is 0 Å². The number of ether oxygens (including phenoxy) is 1. The molecule has 1 saturated heterocycles. The van der Waals surface area contributed by atoms with Gasteiger partial charge < -0.3 is 26.0 Å². The summed E-state index contributed by atoms with van der Waals surface area (Å²) in [6, 6.07) is 12.4. The average Bonchev–Trinajstić information content (AvgIpc) is 2.89. The smallest absolute Gasteiger partial charge is 0.489 e. The topological polar surface area (TPSA) is 159 Å². The van der Waals surface area contributed by atoms with Crippen LogP contribution in [0.3, 0.4) is 0 Å². The first-order valence-electron chi connectivity index (χ1n) is 11.0. The van der Waals surface area contributed by atoms with Crippen LogP contribution in [0.4, 0.5) is 17.6 Å². The second-order valence-corrected chi connectivity index (χ2v) is 9.20. The summed E-state index contributed by atoms with van der Waals surface area (Å²) < 4.78 is 50.6. The molecule has 2 aromatic rings. The zero-order valence-electron chi connectivity index (χ0n) is 19.7. The summed E-state index contributed by atoms with van der Waals surface area (Å²) in [5.74, 6) is -5.02. The molecular formula is C24H21F4N3O7S. The van der Waals surface area contributed by atoms with E-state index in [4.69, 9.17) is 20.4 Å². The molecule has 208 valence electrons. The summed E-state index contributed by atoms with van der Waals surface area (Å²) in [6.07, 6.45) is -5.08. The number of alkyl halides is 3. The van der Waals surface area contributed by atoms with Crippen LogP contribution in [-0.4, -0.2) is 68.8 Å². The van der Waals surface area contributed by atoms with Crippen molar-refractivity contribution < 1.29 is 51.7 Å². The summed E-state index contributed by atoms with van der Waals surface area (Å²) in [5, 5.41) is 18.9. The summed E-state index contributed by atoms with van der Waals surface area (Å²) in [7, 11) is 0. The first kappa shape index (κ1) is 29.4. The molecule has 0 radical (unpaired) electrons. The Balaban J connectivity index is 0.000000532. The number of rotatable bonds is 7. The largest absolute Gasteiger partial charge is 0.490 e. The van der Waals surface area contributed by atoms with Gasteiger partial charge in [0.1, 0.15) is 41.3 Å². The number of nitrogens with one attached hydrogen (secondary N) is 1. The molecule has 0 saturated carbocycles. The van der Waals surface area contributed by atoms with Crippen LogP contribution in [-0.2, 0) is 19.2 Å². The maximum absolute atomic E-state index is 13.3. The van der Waals surface area contributed by atoms with Crippen molar-refractivity contribution in [2.45, 2.75) is 23.6 Å². The third kappa shape index (κ3) is 7.06. The van der Waals surface area contributed by atoms with Crippen molar-refractivity contribution in [2.75, 3.05) is 12.4 Å². The van der Waals surface area contributed by atoms with Crippen molar-refractivity contribution in [3.05, 3.63) is 77.2 Å². The Labute approximate surface area is 222 Å². The Morgan fingerprint density at radius 3 is 2.33 bits per heavy atom. The molecule has 2 aliphatic heterocycles. The zero-order chi connectivity index (χ0) is 28.9. The molecule has 4 rings (SSSR count). The molecular weight excluding hydrogens is 550 g/mol. The molecule has 2 aliphatic rings. The zero-order valence-corrected chi connectivity index (χ0v) is 20.5. The number of carbonyl (C=O) groups excluding carboxylic acids is 2. The normalized spacial score (nSPS) is 19.1. The third-order valence-electron chi connectivity index (χ3n) is 5.44. The fourth-order valence-electron chi connectivity index (χ4n) is 3.58. The summed E-state index contributed by atoms with van der Waals surface area (Å²) in [6.45, 7) is -0.107. The van der Waals surface area contributed by atoms with Gasteiger partial charge in [0, 0.05) is 17.4 Å². The van der Waals surface area contributed by atoms with Crippen molar-refractivity contribution in [2.24, 2.45) is 5.73 Å². The van der Waals surface area contributed by atoms with Crippen LogP contribution in [0.25, 0.3) is 0 Å². The summed E-state index contributed by atoms with van der Waals surface area (Å²) >= 11 is 1.32. The number of hydrogen-bond donors (Lipinski definition) is 4. The molecule has 2 aromatic carbocycles. The quantitative estimate of drug-likeness (QED) is 0.289. The average molecular weight is 572 g/mol. The van der Waals surface area contributed by atoms with E-state index >= 15 is 0 Å². The summed E-state index contributed by atoms with van der Waals surface area (Å²) in [5.41, 5.74) is 6.81. The van der Waals surface area contributed by atoms with Crippen LogP contribution < -0.4 is 15.8 Å². The van der Waals surface area contributed by atoms with Crippen molar-refractivity contribution in [3.8, 4) is 5.75 Å². The second kappa shape index (κ2) is 12.2. The third-order valence-corrected chi connectivity index (χ3v) is 6.78. The highest BCUT2D eigenvalue weighted by atomic mass is 32.2. The van der Waals surface area contributed by atoms with Crippen LogP contribution in [0.15, 0.2) is 65.9 Å². The molecule has 0 aliphatic carbocycles. The van der Waals surface area contributed by atoms with Gasteiger partial charge in [-0.05, 0) is 17.7 Å². The molecule has 0 spiro atoms. The van der Waals surface area contributed by atoms with E-state index in [2.05, 4.69) is 5.32 Å². The Hall–Kier alpha value is -4.11.